The Bertz CT molecular complexity index is 4520. The van der Waals surface area contributed by atoms with Gasteiger partial charge in [-0.25, -0.2) is 24.2 Å². The number of rotatable bonds is 21. The van der Waals surface area contributed by atoms with Gasteiger partial charge in [-0.1, -0.05) is 130 Å². The van der Waals surface area contributed by atoms with Gasteiger partial charge in [-0.05, 0) is 165 Å². The minimum absolute atomic E-state index is 0. The zero-order chi connectivity index (χ0) is 74.3. The number of amides is 4. The second kappa shape index (κ2) is 47.4. The van der Waals surface area contributed by atoms with E-state index < -0.39 is 47.8 Å². The van der Waals surface area contributed by atoms with Gasteiger partial charge in [0.15, 0.2) is 0 Å². The molecule has 0 aliphatic carbocycles. The first kappa shape index (κ1) is 91.0. The number of phenols is 5. The Kier molecular flexibility index (Phi) is 41.1. The van der Waals surface area contributed by atoms with Crippen LogP contribution < -0.4 is 26.6 Å². The van der Waals surface area contributed by atoms with Gasteiger partial charge < -0.3 is 72.2 Å². The SMILES string of the molecule is COC(=O)c1ccc(NC(=O)NCc2cccc(O)c2)cc1Cl.O=C(NC(Cc1ccc(NC(=O)c2c(Cl)cccc2Cl)cc1)C(=O)O)c1ccc(-n2nnnc2NCc2cccc(O)c2)cc1Cl.O=C(O)Cc1cccc(O)c1.O=C(O)Cc1cccc(O)c1.O=C=NCc1cccc(O)c1.[Ac].[Ac].[Ac]. The number of ether oxygens (including phenoxy) is 1. The van der Waals surface area contributed by atoms with Crippen molar-refractivity contribution in [3.8, 4) is 34.4 Å². The van der Waals surface area contributed by atoms with Gasteiger partial charge in [-0.2, -0.15) is 4.68 Å². The quantitative estimate of drug-likeness (QED) is 0.0180. The molecule has 0 fully saturated rings. The average molecular weight is 2150 g/mol. The summed E-state index contributed by atoms with van der Waals surface area (Å²) in [5.74, 6) is -3.83. The Morgan fingerprint density at radius 1 is 0.514 bits per heavy atom. The standard InChI is InChI=1S/C31H24Cl3N7O5.C16H15ClN2O4.C8H7NO2.2C8H8O3.3Ac/c32-23-5-2-6-24(33)27(23)29(44)36-19-9-7-17(8-10-19)14-26(30(45)46)37-28(43)22-12-11-20(15-25(22)34)41-31(38-39-40-41)35-16-18-3-1-4-21(42)13-18;1-23-15(21)13-6-5-11(8-14(13)17)19-16(22)18-9-10-3-2-4-12(20)7-10;10-6-9-5-7-2-1-3-8(11)4-7;2*9-7-3-1-2-6(4-7)5-8(10)11;;;/h1-13,15,26,42H,14,16H2,(H,36,44)(H,37,43)(H,45,46)(H,35,38,40);2-8,20H,9H2,1H3,(H2,18,19,22);1-4,11H,5H2;2*1-4,9H,5H2,(H,10,11);;;. The number of halogens is 4. The first-order chi connectivity index (χ1) is 48.8. The zero-order valence-corrected chi connectivity index (χ0v) is 72.4. The molecular formula is C71H62Ac3Cl4N10O17. The number of carboxylic acids is 3. The number of carbonyl (C=O) groups is 7. The fourth-order valence-electron chi connectivity index (χ4n) is 8.80. The Morgan fingerprint density at radius 3 is 1.47 bits per heavy atom. The maximum Gasteiger partial charge on any atom is 0.339 e. The Balaban J connectivity index is 0.000000399. The van der Waals surface area contributed by atoms with E-state index in [2.05, 4.69) is 51.8 Å². The van der Waals surface area contributed by atoms with E-state index >= 15 is 0 Å². The maximum atomic E-state index is 13.1. The van der Waals surface area contributed by atoms with Gasteiger partial charge in [0.25, 0.3) is 11.8 Å². The number of nitrogens with zero attached hydrogens (tertiary/aromatic N) is 5. The smallest absolute Gasteiger partial charge is 0.339 e. The number of hydrogen-bond donors (Lipinski definition) is 13. The summed E-state index contributed by atoms with van der Waals surface area (Å²) in [6, 6.07) is 50.8. The number of phenolic OH excluding ortho intramolecular Hbond substituents is 5. The molecule has 1 atom stereocenters. The van der Waals surface area contributed by atoms with Gasteiger partial charge in [0.05, 0.1) is 69.0 Å². The van der Waals surface area contributed by atoms with Crippen LogP contribution in [0.5, 0.6) is 28.7 Å². The van der Waals surface area contributed by atoms with Gasteiger partial charge in [0.2, 0.25) is 12.0 Å². The van der Waals surface area contributed by atoms with Crippen molar-refractivity contribution in [3.05, 3.63) is 270 Å². The molecule has 9 aromatic carbocycles. The minimum atomic E-state index is -1.28. The Hall–Kier alpha value is -8.20. The van der Waals surface area contributed by atoms with Crippen molar-refractivity contribution in [2.75, 3.05) is 23.1 Å². The predicted octanol–water partition coefficient (Wildman–Crippen LogP) is 12.0. The van der Waals surface area contributed by atoms with Crippen LogP contribution in [-0.2, 0) is 62.8 Å². The number of aliphatic imine (C=N–C) groups is 1. The van der Waals surface area contributed by atoms with Gasteiger partial charge in [-0.3, -0.25) is 19.2 Å². The number of tetrazole rings is 1. The van der Waals surface area contributed by atoms with Crippen LogP contribution in [0.3, 0.4) is 0 Å². The molecule has 10 rings (SSSR count). The molecule has 4 amide bonds. The fourth-order valence-corrected chi connectivity index (χ4v) is 9.88. The summed E-state index contributed by atoms with van der Waals surface area (Å²) < 4.78 is 5.97. The molecule has 105 heavy (non-hydrogen) atoms. The van der Waals surface area contributed by atoms with Crippen LogP contribution in [0.1, 0.15) is 64.5 Å². The molecule has 10 aromatic rings. The second-order valence-corrected chi connectivity index (χ2v) is 22.8. The Labute approximate surface area is 727 Å². The van der Waals surface area contributed by atoms with Crippen molar-refractivity contribution in [2.24, 2.45) is 4.99 Å². The van der Waals surface area contributed by atoms with E-state index in [0.29, 0.717) is 46.2 Å². The average Bonchev–Trinajstić information content (AvgIpc) is 1.78. The van der Waals surface area contributed by atoms with Crippen molar-refractivity contribution in [2.45, 2.75) is 44.9 Å². The number of isocyanates is 1. The number of carbonyl (C=O) groups excluding carboxylic acids is 5. The summed E-state index contributed by atoms with van der Waals surface area (Å²) in [6.07, 6.45) is 1.29. The van der Waals surface area contributed by atoms with Crippen molar-refractivity contribution >= 4 is 112 Å². The van der Waals surface area contributed by atoms with Crippen molar-refractivity contribution in [1.82, 2.24) is 30.8 Å². The zero-order valence-electron chi connectivity index (χ0n) is 55.1. The van der Waals surface area contributed by atoms with Crippen LogP contribution in [0.4, 0.5) is 22.1 Å². The van der Waals surface area contributed by atoms with Gasteiger partial charge >= 0.3 is 29.9 Å². The second-order valence-electron chi connectivity index (χ2n) is 21.1. The van der Waals surface area contributed by atoms with E-state index in [0.717, 1.165) is 16.7 Å². The van der Waals surface area contributed by atoms with Gasteiger partial charge in [-0.15, -0.1) is 0 Å². The number of aromatic nitrogens is 4. The van der Waals surface area contributed by atoms with Gasteiger partial charge in [0, 0.05) is 163 Å². The largest absolute Gasteiger partial charge is 0.508 e. The van der Waals surface area contributed by atoms with Crippen LogP contribution in [-0.4, -0.2) is 122 Å². The molecular weight excluding hydrogens is 2090 g/mol. The van der Waals surface area contributed by atoms with Crippen LogP contribution in [0.2, 0.25) is 20.1 Å². The van der Waals surface area contributed by atoms with Crippen molar-refractivity contribution in [1.29, 1.82) is 0 Å². The van der Waals surface area contributed by atoms with Crippen LogP contribution in [0, 0.1) is 132 Å². The maximum absolute atomic E-state index is 13.1. The molecule has 1 heterocycles. The number of anilines is 3. The molecule has 34 heteroatoms. The topological polar surface area (TPSA) is 424 Å². The molecule has 0 spiro atoms. The number of carboxylic acid groups (broad SMARTS) is 3. The summed E-state index contributed by atoms with van der Waals surface area (Å²) in [4.78, 5) is 94.5. The molecule has 13 N–H and O–H groups in total. The number of hydrogen-bond acceptors (Lipinski definition) is 19. The van der Waals surface area contributed by atoms with Gasteiger partial charge in [0.1, 0.15) is 34.8 Å². The molecule has 3 radical (unpaired) electrons. The third-order valence-electron chi connectivity index (χ3n) is 13.5. The number of esters is 1. The van der Waals surface area contributed by atoms with E-state index in [1.54, 1.807) is 146 Å². The third kappa shape index (κ3) is 32.2. The summed E-state index contributed by atoms with van der Waals surface area (Å²) in [5, 5.41) is 98.2. The molecule has 1 unspecified atom stereocenters. The summed E-state index contributed by atoms with van der Waals surface area (Å²) in [7, 11) is 1.26. The van der Waals surface area contributed by atoms with E-state index in [4.69, 9.17) is 71.9 Å². The monoisotopic (exact) mass is 2150 g/mol. The number of urea groups is 1. The molecule has 1 aromatic heterocycles. The number of aromatic hydroxyl groups is 5. The van der Waals surface area contributed by atoms with Crippen LogP contribution in [0.15, 0.2) is 205 Å². The Morgan fingerprint density at radius 2 is 0.981 bits per heavy atom. The third-order valence-corrected chi connectivity index (χ3v) is 14.7. The molecule has 0 aliphatic rings. The molecule has 0 saturated heterocycles. The predicted molar refractivity (Wildman–Crippen MR) is 379 cm³/mol. The number of aliphatic carboxylic acids is 3. The minimum Gasteiger partial charge on any atom is -0.508 e. The molecule has 0 bridgehead atoms. The molecule has 535 valence electrons. The van der Waals surface area contributed by atoms with Crippen molar-refractivity contribution in [3.63, 3.8) is 0 Å². The van der Waals surface area contributed by atoms with Crippen LogP contribution in [0.25, 0.3) is 5.69 Å². The first-order valence-corrected chi connectivity index (χ1v) is 31.3. The summed E-state index contributed by atoms with van der Waals surface area (Å²) in [5.41, 5.74) is 5.90. The number of nitrogens with one attached hydrogen (secondary N) is 5. The molecule has 27 nitrogen and oxygen atoms in total. The molecule has 0 aliphatic heterocycles. The van der Waals surface area contributed by atoms with E-state index in [-0.39, 0.29) is 230 Å². The number of benzene rings is 9. The summed E-state index contributed by atoms with van der Waals surface area (Å²) >= 11 is 24.6. The fraction of sp³-hybridized carbons (Fsp3) is 0.113. The molecule has 0 saturated carbocycles. The van der Waals surface area contributed by atoms with E-state index in [1.165, 1.54) is 66.4 Å². The normalized spacial score (nSPS) is 10.1. The van der Waals surface area contributed by atoms with E-state index in [9.17, 15) is 53.7 Å². The van der Waals surface area contributed by atoms with Crippen molar-refractivity contribution < 1.29 is 216 Å². The first-order valence-electron chi connectivity index (χ1n) is 29.8. The van der Waals surface area contributed by atoms with Crippen LogP contribution >= 0.6 is 46.4 Å². The van der Waals surface area contributed by atoms with E-state index in [1.807, 2.05) is 6.07 Å². The number of methoxy groups -OCH3 is 1. The summed E-state index contributed by atoms with van der Waals surface area (Å²) in [6.45, 7) is 0.862.